The third-order valence-electron chi connectivity index (χ3n) is 3.67. The first-order chi connectivity index (χ1) is 11.0. The number of carbonyl (C=O) groups is 2. The van der Waals surface area contributed by atoms with Gasteiger partial charge in [-0.05, 0) is 31.7 Å². The summed E-state index contributed by atoms with van der Waals surface area (Å²) in [5.74, 6) is 0.269. The summed E-state index contributed by atoms with van der Waals surface area (Å²) in [6, 6.07) is 3.53. The minimum atomic E-state index is -1.04. The standard InChI is InChI=1S/C15H19N5O2S/c1-15(2,19-13(21)11-5-3-8-23-11)14(22)18-10-9-17-20-7-4-6-16-12(10)20/h3,5,8-9,16H,4,6-7H2,1-2H3,(H,18,22)(H,19,21). The molecule has 23 heavy (non-hydrogen) atoms. The number of anilines is 2. The minimum Gasteiger partial charge on any atom is -0.368 e. The number of carbonyl (C=O) groups excluding carboxylic acids is 2. The predicted molar refractivity (Wildman–Crippen MR) is 89.8 cm³/mol. The maximum atomic E-state index is 12.5. The van der Waals surface area contributed by atoms with E-state index in [0.29, 0.717) is 10.6 Å². The SMILES string of the molecule is CC(C)(NC(=O)c1cccs1)C(=O)Nc1cnn2c1NCCC2. The zero-order valence-corrected chi connectivity index (χ0v) is 13.9. The number of aromatic nitrogens is 2. The highest BCUT2D eigenvalue weighted by Gasteiger charge is 2.31. The van der Waals surface area contributed by atoms with Crippen LogP contribution in [0.3, 0.4) is 0 Å². The molecule has 8 heteroatoms. The minimum absolute atomic E-state index is 0.254. The second-order valence-electron chi connectivity index (χ2n) is 5.92. The lowest BCUT2D eigenvalue weighted by molar-refractivity contribution is -0.120. The van der Waals surface area contributed by atoms with Gasteiger partial charge in [0.2, 0.25) is 5.91 Å². The van der Waals surface area contributed by atoms with Crippen LogP contribution in [0.4, 0.5) is 11.5 Å². The van der Waals surface area contributed by atoms with Crippen molar-refractivity contribution >= 4 is 34.7 Å². The summed E-state index contributed by atoms with van der Waals surface area (Å²) >= 11 is 1.34. The lowest BCUT2D eigenvalue weighted by atomic mass is 10.0. The average molecular weight is 333 g/mol. The first-order valence-electron chi connectivity index (χ1n) is 7.44. The quantitative estimate of drug-likeness (QED) is 0.797. The van der Waals surface area contributed by atoms with Crippen LogP contribution in [0.15, 0.2) is 23.7 Å². The topological polar surface area (TPSA) is 88.1 Å². The van der Waals surface area contributed by atoms with Crippen LogP contribution >= 0.6 is 11.3 Å². The molecule has 3 rings (SSSR count). The van der Waals surface area contributed by atoms with Crippen molar-refractivity contribution in [2.24, 2.45) is 0 Å². The predicted octanol–water partition coefficient (Wildman–Crippen LogP) is 1.91. The summed E-state index contributed by atoms with van der Waals surface area (Å²) < 4.78 is 1.83. The van der Waals surface area contributed by atoms with Crippen LogP contribution in [-0.4, -0.2) is 33.7 Å². The Morgan fingerprint density at radius 1 is 1.43 bits per heavy atom. The van der Waals surface area contributed by atoms with E-state index in [1.807, 2.05) is 10.1 Å². The molecule has 0 saturated heterocycles. The molecule has 0 aromatic carbocycles. The van der Waals surface area contributed by atoms with Crippen molar-refractivity contribution in [1.29, 1.82) is 0 Å². The molecule has 1 aliphatic rings. The van der Waals surface area contributed by atoms with Gasteiger partial charge in [-0.3, -0.25) is 9.59 Å². The van der Waals surface area contributed by atoms with E-state index < -0.39 is 5.54 Å². The number of amides is 2. The number of rotatable bonds is 4. The summed E-state index contributed by atoms with van der Waals surface area (Å²) in [5.41, 5.74) is -0.405. The summed E-state index contributed by atoms with van der Waals surface area (Å²) in [5, 5.41) is 14.9. The largest absolute Gasteiger partial charge is 0.368 e. The van der Waals surface area contributed by atoms with Gasteiger partial charge >= 0.3 is 0 Å². The molecule has 0 saturated carbocycles. The van der Waals surface area contributed by atoms with E-state index >= 15 is 0 Å². The Morgan fingerprint density at radius 3 is 3.00 bits per heavy atom. The Labute approximate surface area is 138 Å². The van der Waals surface area contributed by atoms with Gasteiger partial charge in [0.25, 0.3) is 5.91 Å². The molecular formula is C15H19N5O2S. The normalized spacial score (nSPS) is 13.8. The molecule has 7 nitrogen and oxygen atoms in total. The molecule has 3 heterocycles. The lowest BCUT2D eigenvalue weighted by Gasteiger charge is -2.25. The number of aryl methyl sites for hydroxylation is 1. The zero-order chi connectivity index (χ0) is 16.4. The molecule has 0 aliphatic carbocycles. The van der Waals surface area contributed by atoms with E-state index in [4.69, 9.17) is 0 Å². The average Bonchev–Trinajstić information content (AvgIpc) is 3.17. The summed E-state index contributed by atoms with van der Waals surface area (Å²) in [6.07, 6.45) is 2.63. The van der Waals surface area contributed by atoms with Gasteiger partial charge in [0.15, 0.2) is 0 Å². The molecule has 0 fully saturated rings. The number of nitrogens with one attached hydrogen (secondary N) is 3. The van der Waals surface area contributed by atoms with E-state index in [-0.39, 0.29) is 11.8 Å². The second-order valence-corrected chi connectivity index (χ2v) is 6.87. The van der Waals surface area contributed by atoms with Crippen molar-refractivity contribution in [1.82, 2.24) is 15.1 Å². The number of hydrogen-bond donors (Lipinski definition) is 3. The molecule has 3 N–H and O–H groups in total. The van der Waals surface area contributed by atoms with Crippen molar-refractivity contribution < 1.29 is 9.59 Å². The van der Waals surface area contributed by atoms with Gasteiger partial charge in [0.1, 0.15) is 17.0 Å². The van der Waals surface area contributed by atoms with Crippen LogP contribution in [0.2, 0.25) is 0 Å². The summed E-state index contributed by atoms with van der Waals surface area (Å²) in [7, 11) is 0. The number of thiophene rings is 1. The molecule has 0 bridgehead atoms. The van der Waals surface area contributed by atoms with E-state index in [1.54, 1.807) is 32.2 Å². The zero-order valence-electron chi connectivity index (χ0n) is 13.0. The van der Waals surface area contributed by atoms with Crippen LogP contribution in [-0.2, 0) is 11.3 Å². The first-order valence-corrected chi connectivity index (χ1v) is 8.32. The Balaban J connectivity index is 1.69. The van der Waals surface area contributed by atoms with Gasteiger partial charge in [-0.15, -0.1) is 11.3 Å². The van der Waals surface area contributed by atoms with Crippen molar-refractivity contribution in [3.63, 3.8) is 0 Å². The van der Waals surface area contributed by atoms with E-state index in [2.05, 4.69) is 21.0 Å². The maximum absolute atomic E-state index is 12.5. The second kappa shape index (κ2) is 6.04. The van der Waals surface area contributed by atoms with Crippen LogP contribution in [0.5, 0.6) is 0 Å². The Bertz CT molecular complexity index is 720. The molecule has 0 spiro atoms. The Kier molecular flexibility index (Phi) is 4.08. The molecule has 2 aromatic heterocycles. The van der Waals surface area contributed by atoms with Crippen molar-refractivity contribution in [3.05, 3.63) is 28.6 Å². The van der Waals surface area contributed by atoms with E-state index in [0.717, 1.165) is 25.3 Å². The Morgan fingerprint density at radius 2 is 2.26 bits per heavy atom. The van der Waals surface area contributed by atoms with Crippen LogP contribution in [0.25, 0.3) is 0 Å². The van der Waals surface area contributed by atoms with Crippen molar-refractivity contribution in [3.8, 4) is 0 Å². The van der Waals surface area contributed by atoms with Gasteiger partial charge in [-0.1, -0.05) is 6.07 Å². The molecule has 2 aromatic rings. The molecular weight excluding hydrogens is 314 g/mol. The first kappa shape index (κ1) is 15.5. The molecule has 2 amide bonds. The van der Waals surface area contributed by atoms with Gasteiger partial charge in [0.05, 0.1) is 11.1 Å². The highest BCUT2D eigenvalue weighted by atomic mass is 32.1. The highest BCUT2D eigenvalue weighted by molar-refractivity contribution is 7.12. The van der Waals surface area contributed by atoms with Crippen LogP contribution in [0, 0.1) is 0 Å². The Hall–Kier alpha value is -2.35. The molecule has 122 valence electrons. The van der Waals surface area contributed by atoms with Gasteiger partial charge in [-0.25, -0.2) is 4.68 Å². The van der Waals surface area contributed by atoms with Gasteiger partial charge < -0.3 is 16.0 Å². The maximum Gasteiger partial charge on any atom is 0.262 e. The smallest absolute Gasteiger partial charge is 0.262 e. The monoisotopic (exact) mass is 333 g/mol. The molecule has 1 aliphatic heterocycles. The number of fused-ring (bicyclic) bond motifs is 1. The highest BCUT2D eigenvalue weighted by Crippen LogP contribution is 2.25. The fourth-order valence-corrected chi connectivity index (χ4v) is 2.98. The third kappa shape index (κ3) is 3.21. The number of hydrogen-bond acceptors (Lipinski definition) is 5. The van der Waals surface area contributed by atoms with Gasteiger partial charge in [-0.2, -0.15) is 5.10 Å². The fraction of sp³-hybridized carbons (Fsp3) is 0.400. The van der Waals surface area contributed by atoms with Crippen LogP contribution in [0.1, 0.15) is 29.9 Å². The summed E-state index contributed by atoms with van der Waals surface area (Å²) in [4.78, 5) is 25.3. The number of nitrogens with zero attached hydrogens (tertiary/aromatic N) is 2. The van der Waals surface area contributed by atoms with E-state index in [9.17, 15) is 9.59 Å². The molecule has 0 unspecified atom stereocenters. The van der Waals surface area contributed by atoms with Crippen LogP contribution < -0.4 is 16.0 Å². The van der Waals surface area contributed by atoms with Gasteiger partial charge in [0, 0.05) is 13.1 Å². The fourth-order valence-electron chi connectivity index (χ4n) is 2.36. The molecule has 0 atom stereocenters. The molecule has 0 radical (unpaired) electrons. The van der Waals surface area contributed by atoms with Crippen molar-refractivity contribution in [2.45, 2.75) is 32.4 Å². The van der Waals surface area contributed by atoms with Crippen molar-refractivity contribution in [2.75, 3.05) is 17.2 Å². The third-order valence-corrected chi connectivity index (χ3v) is 4.53. The lowest BCUT2D eigenvalue weighted by Crippen LogP contribution is -2.52. The summed E-state index contributed by atoms with van der Waals surface area (Å²) in [6.45, 7) is 5.04. The van der Waals surface area contributed by atoms with E-state index in [1.165, 1.54) is 11.3 Å².